The van der Waals surface area contributed by atoms with Crippen LogP contribution < -0.4 is 4.74 Å². The molecule has 0 saturated carbocycles. The van der Waals surface area contributed by atoms with Gasteiger partial charge in [-0.1, -0.05) is 0 Å². The maximum Gasteiger partial charge on any atom is 0.410 e. The fourth-order valence-corrected chi connectivity index (χ4v) is 2.71. The number of ether oxygens (including phenoxy) is 4. The minimum atomic E-state index is -0.475. The van der Waals surface area contributed by atoms with Crippen LogP contribution in [-0.4, -0.2) is 62.1 Å². The largest absolute Gasteiger partial charge is 0.491 e. The highest BCUT2D eigenvalue weighted by molar-refractivity contribution is 5.89. The summed E-state index contributed by atoms with van der Waals surface area (Å²) in [6.45, 7) is 7.75. The van der Waals surface area contributed by atoms with Crippen molar-refractivity contribution in [3.05, 3.63) is 29.8 Å². The number of hydrogen-bond donors (Lipinski definition) is 0. The molecule has 1 heterocycles. The van der Waals surface area contributed by atoms with Crippen molar-refractivity contribution in [2.45, 2.75) is 45.3 Å². The third kappa shape index (κ3) is 7.09. The summed E-state index contributed by atoms with van der Waals surface area (Å²) in [7, 11) is 1.35. The van der Waals surface area contributed by atoms with Crippen molar-refractivity contribution < 1.29 is 28.5 Å². The number of amides is 1. The minimum Gasteiger partial charge on any atom is -0.491 e. The van der Waals surface area contributed by atoms with Gasteiger partial charge in [0.15, 0.2) is 0 Å². The molecule has 1 amide bonds. The van der Waals surface area contributed by atoms with Gasteiger partial charge in [0.25, 0.3) is 0 Å². The fourth-order valence-electron chi connectivity index (χ4n) is 2.71. The number of hydrogen-bond acceptors (Lipinski definition) is 6. The van der Waals surface area contributed by atoms with Crippen LogP contribution in [0.5, 0.6) is 5.75 Å². The lowest BCUT2D eigenvalue weighted by atomic mass is 10.1. The number of likely N-dealkylation sites (tertiary alicyclic amines) is 1. The summed E-state index contributed by atoms with van der Waals surface area (Å²) in [5.74, 6) is 0.300. The van der Waals surface area contributed by atoms with Crippen molar-refractivity contribution in [1.82, 2.24) is 4.90 Å². The predicted molar refractivity (Wildman–Crippen MR) is 100 cm³/mol. The van der Waals surface area contributed by atoms with E-state index in [2.05, 4.69) is 4.74 Å². The summed E-state index contributed by atoms with van der Waals surface area (Å²) < 4.78 is 21.5. The number of esters is 1. The third-order valence-corrected chi connectivity index (χ3v) is 4.07. The van der Waals surface area contributed by atoms with Crippen LogP contribution in [0.15, 0.2) is 24.3 Å². The Morgan fingerprint density at radius 2 is 1.70 bits per heavy atom. The number of carbonyl (C=O) groups is 2. The normalized spacial score (nSPS) is 15.3. The molecule has 7 heteroatoms. The summed E-state index contributed by atoms with van der Waals surface area (Å²) in [4.78, 5) is 25.1. The topological polar surface area (TPSA) is 74.3 Å². The second-order valence-corrected chi connectivity index (χ2v) is 7.40. The second-order valence-electron chi connectivity index (χ2n) is 7.40. The first kappa shape index (κ1) is 21.0. The number of carbonyl (C=O) groups excluding carboxylic acids is 2. The van der Waals surface area contributed by atoms with Crippen LogP contribution in [0.2, 0.25) is 0 Å². The van der Waals surface area contributed by atoms with E-state index in [0.29, 0.717) is 37.6 Å². The van der Waals surface area contributed by atoms with E-state index >= 15 is 0 Å². The van der Waals surface area contributed by atoms with Crippen LogP contribution in [0.25, 0.3) is 0 Å². The zero-order valence-corrected chi connectivity index (χ0v) is 16.5. The van der Waals surface area contributed by atoms with Gasteiger partial charge < -0.3 is 23.8 Å². The standard InChI is InChI=1S/C20H29NO6/c1-20(2,3)27-19(23)21-11-9-17(10-12-21)26-14-13-25-16-7-5-15(6-8-16)18(22)24-4/h5-8,17H,9-14H2,1-4H3. The number of piperidine rings is 1. The number of rotatable bonds is 6. The lowest BCUT2D eigenvalue weighted by Crippen LogP contribution is -2.43. The molecule has 0 bridgehead atoms. The van der Waals surface area contributed by atoms with E-state index < -0.39 is 5.60 Å². The summed E-state index contributed by atoms with van der Waals surface area (Å²) in [6, 6.07) is 6.78. The SMILES string of the molecule is COC(=O)c1ccc(OCCOC2CCN(C(=O)OC(C)(C)C)CC2)cc1. The molecule has 2 rings (SSSR count). The van der Waals surface area contributed by atoms with Gasteiger partial charge in [0, 0.05) is 13.1 Å². The Kier molecular flexibility index (Phi) is 7.47. The van der Waals surface area contributed by atoms with E-state index in [4.69, 9.17) is 14.2 Å². The highest BCUT2D eigenvalue weighted by Gasteiger charge is 2.27. The van der Waals surface area contributed by atoms with Gasteiger partial charge in [0.2, 0.25) is 0 Å². The third-order valence-electron chi connectivity index (χ3n) is 4.07. The highest BCUT2D eigenvalue weighted by atomic mass is 16.6. The Hall–Kier alpha value is -2.28. The first-order valence-electron chi connectivity index (χ1n) is 9.19. The summed E-state index contributed by atoms with van der Waals surface area (Å²) >= 11 is 0. The molecule has 0 unspecified atom stereocenters. The quantitative estimate of drug-likeness (QED) is 0.558. The van der Waals surface area contributed by atoms with Gasteiger partial charge in [0.1, 0.15) is 18.0 Å². The van der Waals surface area contributed by atoms with Crippen molar-refractivity contribution in [2.75, 3.05) is 33.4 Å². The Balaban J connectivity index is 1.63. The van der Waals surface area contributed by atoms with Crippen molar-refractivity contribution in [3.63, 3.8) is 0 Å². The molecule has 1 aromatic rings. The lowest BCUT2D eigenvalue weighted by Gasteiger charge is -2.33. The lowest BCUT2D eigenvalue weighted by molar-refractivity contribution is -0.0177. The fraction of sp³-hybridized carbons (Fsp3) is 0.600. The molecular weight excluding hydrogens is 350 g/mol. The number of benzene rings is 1. The molecule has 7 nitrogen and oxygen atoms in total. The molecule has 0 radical (unpaired) electrons. The van der Waals surface area contributed by atoms with Gasteiger partial charge in [-0.05, 0) is 57.9 Å². The van der Waals surface area contributed by atoms with Gasteiger partial charge in [-0.15, -0.1) is 0 Å². The smallest absolute Gasteiger partial charge is 0.410 e. The monoisotopic (exact) mass is 379 g/mol. The zero-order chi connectivity index (χ0) is 19.9. The van der Waals surface area contributed by atoms with Crippen LogP contribution in [0, 0.1) is 0 Å². The average molecular weight is 379 g/mol. The minimum absolute atomic E-state index is 0.119. The number of methoxy groups -OCH3 is 1. The summed E-state index contributed by atoms with van der Waals surface area (Å²) in [5.41, 5.74) is 0.00875. The van der Waals surface area contributed by atoms with E-state index in [9.17, 15) is 9.59 Å². The van der Waals surface area contributed by atoms with Gasteiger partial charge in [-0.3, -0.25) is 0 Å². The van der Waals surface area contributed by atoms with Crippen LogP contribution in [0.1, 0.15) is 44.0 Å². The first-order chi connectivity index (χ1) is 12.8. The van der Waals surface area contributed by atoms with E-state index in [-0.39, 0.29) is 18.2 Å². The second kappa shape index (κ2) is 9.60. The van der Waals surface area contributed by atoms with Crippen LogP contribution in [-0.2, 0) is 14.2 Å². The average Bonchev–Trinajstić information content (AvgIpc) is 2.64. The van der Waals surface area contributed by atoms with Crippen molar-refractivity contribution in [3.8, 4) is 5.75 Å². The van der Waals surface area contributed by atoms with E-state index in [1.807, 2.05) is 20.8 Å². The molecule has 0 atom stereocenters. The van der Waals surface area contributed by atoms with E-state index in [0.717, 1.165) is 12.8 Å². The van der Waals surface area contributed by atoms with Crippen molar-refractivity contribution >= 4 is 12.1 Å². The molecule has 1 aliphatic heterocycles. The first-order valence-corrected chi connectivity index (χ1v) is 9.19. The van der Waals surface area contributed by atoms with Crippen LogP contribution >= 0.6 is 0 Å². The van der Waals surface area contributed by atoms with Gasteiger partial charge >= 0.3 is 12.1 Å². The molecule has 1 aliphatic rings. The molecule has 0 spiro atoms. The van der Waals surface area contributed by atoms with E-state index in [1.54, 1.807) is 29.2 Å². The van der Waals surface area contributed by atoms with Gasteiger partial charge in [0.05, 0.1) is 25.4 Å². The van der Waals surface area contributed by atoms with E-state index in [1.165, 1.54) is 7.11 Å². The maximum atomic E-state index is 12.0. The molecular formula is C20H29NO6. The van der Waals surface area contributed by atoms with Crippen LogP contribution in [0.3, 0.4) is 0 Å². The van der Waals surface area contributed by atoms with Crippen molar-refractivity contribution in [1.29, 1.82) is 0 Å². The molecule has 1 saturated heterocycles. The summed E-state index contributed by atoms with van der Waals surface area (Å²) in [5, 5.41) is 0. The summed E-state index contributed by atoms with van der Waals surface area (Å²) in [6.07, 6.45) is 1.42. The zero-order valence-electron chi connectivity index (χ0n) is 16.5. The predicted octanol–water partition coefficient (Wildman–Crippen LogP) is 3.27. The molecule has 150 valence electrons. The Morgan fingerprint density at radius 3 is 2.26 bits per heavy atom. The highest BCUT2D eigenvalue weighted by Crippen LogP contribution is 2.18. The van der Waals surface area contributed by atoms with Gasteiger partial charge in [-0.25, -0.2) is 9.59 Å². The van der Waals surface area contributed by atoms with Crippen molar-refractivity contribution in [2.24, 2.45) is 0 Å². The molecule has 0 N–H and O–H groups in total. The molecule has 1 aromatic carbocycles. The molecule has 27 heavy (non-hydrogen) atoms. The Bertz CT molecular complexity index is 614. The molecule has 1 fully saturated rings. The molecule has 0 aliphatic carbocycles. The number of nitrogens with zero attached hydrogens (tertiary/aromatic N) is 1. The van der Waals surface area contributed by atoms with Gasteiger partial charge in [-0.2, -0.15) is 0 Å². The Labute approximate surface area is 160 Å². The molecule has 0 aromatic heterocycles. The van der Waals surface area contributed by atoms with Crippen LogP contribution in [0.4, 0.5) is 4.79 Å². The Morgan fingerprint density at radius 1 is 1.07 bits per heavy atom. The maximum absolute atomic E-state index is 12.0.